The van der Waals surface area contributed by atoms with Gasteiger partial charge in [0, 0.05) is 24.6 Å². The molecule has 1 aromatic carbocycles. The Hall–Kier alpha value is -1.70. The second-order valence-electron chi connectivity index (χ2n) is 6.36. The van der Waals surface area contributed by atoms with Crippen LogP contribution in [0.5, 0.6) is 5.75 Å². The summed E-state index contributed by atoms with van der Waals surface area (Å²) in [4.78, 5) is 4.77. The van der Waals surface area contributed by atoms with Gasteiger partial charge >= 0.3 is 0 Å². The molecule has 0 aliphatic heterocycles. The number of hydrogen-bond donors (Lipinski definition) is 2. The third kappa shape index (κ3) is 6.23. The predicted octanol–water partition coefficient (Wildman–Crippen LogP) is 4.13. The van der Waals surface area contributed by atoms with Gasteiger partial charge in [-0.1, -0.05) is 31.0 Å². The zero-order valence-electron chi connectivity index (χ0n) is 15.2. The lowest BCUT2D eigenvalue weighted by molar-refractivity contribution is 0.410. The third-order valence-electron chi connectivity index (χ3n) is 4.54. The van der Waals surface area contributed by atoms with Crippen LogP contribution >= 0.6 is 24.0 Å². The molecule has 0 radical (unpaired) electrons. The second-order valence-corrected chi connectivity index (χ2v) is 6.36. The van der Waals surface area contributed by atoms with Crippen molar-refractivity contribution in [1.82, 2.24) is 10.6 Å². The lowest BCUT2D eigenvalue weighted by atomic mass is 10.2. The summed E-state index contributed by atoms with van der Waals surface area (Å²) in [6, 6.07) is 12.5. The largest absolute Gasteiger partial charge is 0.496 e. The molecule has 2 aromatic rings. The molecule has 1 fully saturated rings. The summed E-state index contributed by atoms with van der Waals surface area (Å²) in [5, 5.41) is 7.00. The van der Waals surface area contributed by atoms with E-state index in [9.17, 15) is 0 Å². The lowest BCUT2D eigenvalue weighted by Gasteiger charge is -2.17. The summed E-state index contributed by atoms with van der Waals surface area (Å²) < 4.78 is 10.8. The molecule has 1 aliphatic rings. The van der Waals surface area contributed by atoms with Crippen LogP contribution in [0.3, 0.4) is 0 Å². The number of nitrogens with one attached hydrogen (secondary N) is 2. The molecular formula is C20H28IN3O2. The molecule has 142 valence electrons. The molecule has 0 saturated heterocycles. The van der Waals surface area contributed by atoms with Gasteiger partial charge in [-0.3, -0.25) is 0 Å². The van der Waals surface area contributed by atoms with Gasteiger partial charge in [-0.05, 0) is 31.0 Å². The van der Waals surface area contributed by atoms with Gasteiger partial charge in [0.2, 0.25) is 0 Å². The average Bonchev–Trinajstić information content (AvgIpc) is 3.33. The summed E-state index contributed by atoms with van der Waals surface area (Å²) in [6.07, 6.45) is 7.57. The Kier molecular flexibility index (Phi) is 8.80. The molecule has 1 saturated carbocycles. The minimum atomic E-state index is 0. The molecule has 0 bridgehead atoms. The van der Waals surface area contributed by atoms with Crippen LogP contribution < -0.4 is 15.4 Å². The molecule has 2 N–H and O–H groups in total. The Morgan fingerprint density at radius 2 is 2.00 bits per heavy atom. The number of furan rings is 1. The van der Waals surface area contributed by atoms with E-state index in [1.807, 2.05) is 30.3 Å². The van der Waals surface area contributed by atoms with Gasteiger partial charge < -0.3 is 19.8 Å². The summed E-state index contributed by atoms with van der Waals surface area (Å²) >= 11 is 0. The zero-order chi connectivity index (χ0) is 17.3. The van der Waals surface area contributed by atoms with E-state index in [2.05, 4.69) is 16.7 Å². The highest BCUT2D eigenvalue weighted by atomic mass is 127. The Balaban J connectivity index is 0.00000243. The van der Waals surface area contributed by atoms with Crippen molar-refractivity contribution < 1.29 is 9.15 Å². The van der Waals surface area contributed by atoms with Gasteiger partial charge in [-0.2, -0.15) is 0 Å². The molecule has 3 rings (SSSR count). The van der Waals surface area contributed by atoms with Gasteiger partial charge in [0.05, 0.1) is 19.9 Å². The molecule has 0 atom stereocenters. The second kappa shape index (κ2) is 11.1. The van der Waals surface area contributed by atoms with Crippen molar-refractivity contribution >= 4 is 29.9 Å². The van der Waals surface area contributed by atoms with E-state index in [0.29, 0.717) is 12.6 Å². The van der Waals surface area contributed by atoms with Gasteiger partial charge in [-0.15, -0.1) is 24.0 Å². The van der Waals surface area contributed by atoms with Crippen LogP contribution in [-0.4, -0.2) is 25.7 Å². The Morgan fingerprint density at radius 1 is 1.19 bits per heavy atom. The van der Waals surface area contributed by atoms with Crippen LogP contribution in [0.25, 0.3) is 0 Å². The van der Waals surface area contributed by atoms with Crippen molar-refractivity contribution in [2.24, 2.45) is 4.99 Å². The van der Waals surface area contributed by atoms with Crippen LogP contribution in [0.15, 0.2) is 52.1 Å². The monoisotopic (exact) mass is 469 g/mol. The molecule has 0 unspecified atom stereocenters. The number of guanidine groups is 1. The first-order valence-electron chi connectivity index (χ1n) is 9.04. The maximum Gasteiger partial charge on any atom is 0.191 e. The number of nitrogens with zero attached hydrogens (tertiary/aromatic N) is 1. The van der Waals surface area contributed by atoms with Crippen LogP contribution in [0.4, 0.5) is 0 Å². The third-order valence-corrected chi connectivity index (χ3v) is 4.54. The normalized spacial score (nSPS) is 14.7. The summed E-state index contributed by atoms with van der Waals surface area (Å²) in [7, 11) is 1.70. The summed E-state index contributed by atoms with van der Waals surface area (Å²) in [6.45, 7) is 1.38. The van der Waals surface area contributed by atoms with E-state index < -0.39 is 0 Å². The van der Waals surface area contributed by atoms with E-state index in [-0.39, 0.29) is 24.0 Å². The van der Waals surface area contributed by atoms with Gasteiger partial charge in [0.15, 0.2) is 5.96 Å². The first-order chi connectivity index (χ1) is 12.3. The fourth-order valence-electron chi connectivity index (χ4n) is 3.17. The topological polar surface area (TPSA) is 58.8 Å². The summed E-state index contributed by atoms with van der Waals surface area (Å²) in [5.74, 6) is 2.73. The van der Waals surface area contributed by atoms with Gasteiger partial charge in [-0.25, -0.2) is 4.99 Å². The first-order valence-corrected chi connectivity index (χ1v) is 9.04. The molecule has 1 aromatic heterocycles. The lowest BCUT2D eigenvalue weighted by Crippen LogP contribution is -2.43. The SMILES string of the molecule is COc1ccccc1CN=C(NCCc1ccco1)NC1CCCC1.I. The zero-order valence-corrected chi connectivity index (χ0v) is 17.6. The van der Waals surface area contributed by atoms with E-state index in [4.69, 9.17) is 14.1 Å². The highest BCUT2D eigenvalue weighted by Crippen LogP contribution is 2.19. The number of rotatable bonds is 7. The smallest absolute Gasteiger partial charge is 0.191 e. The Bertz CT molecular complexity index is 667. The minimum absolute atomic E-state index is 0. The minimum Gasteiger partial charge on any atom is -0.496 e. The van der Waals surface area contributed by atoms with Gasteiger partial charge in [0.25, 0.3) is 0 Å². The van der Waals surface area contributed by atoms with Crippen LogP contribution in [0.2, 0.25) is 0 Å². The van der Waals surface area contributed by atoms with Crippen LogP contribution in [0.1, 0.15) is 37.0 Å². The highest BCUT2D eigenvalue weighted by Gasteiger charge is 2.16. The molecule has 26 heavy (non-hydrogen) atoms. The van der Waals surface area contributed by atoms with Gasteiger partial charge in [0.1, 0.15) is 11.5 Å². The molecule has 0 amide bonds. The molecule has 5 nitrogen and oxygen atoms in total. The summed E-state index contributed by atoms with van der Waals surface area (Å²) in [5.41, 5.74) is 1.09. The maximum absolute atomic E-state index is 5.42. The van der Waals surface area contributed by atoms with Crippen molar-refractivity contribution in [2.45, 2.75) is 44.7 Å². The van der Waals surface area contributed by atoms with E-state index >= 15 is 0 Å². The Morgan fingerprint density at radius 3 is 2.73 bits per heavy atom. The number of aliphatic imine (C=N–C) groups is 1. The van der Waals surface area contributed by atoms with Crippen molar-refractivity contribution in [2.75, 3.05) is 13.7 Å². The fourth-order valence-corrected chi connectivity index (χ4v) is 3.17. The maximum atomic E-state index is 5.42. The quantitative estimate of drug-likeness (QED) is 0.364. The van der Waals surface area contributed by atoms with E-state index in [1.54, 1.807) is 13.4 Å². The molecule has 1 aliphatic carbocycles. The fraction of sp³-hybridized carbons (Fsp3) is 0.450. The molecule has 6 heteroatoms. The number of methoxy groups -OCH3 is 1. The number of para-hydroxylation sites is 1. The standard InChI is InChI=1S/C20H27N3O2.HI/c1-24-19-11-5-2-7-16(19)15-22-20(23-17-8-3-4-9-17)21-13-12-18-10-6-14-25-18;/h2,5-7,10-11,14,17H,3-4,8-9,12-13,15H2,1H3,(H2,21,22,23);1H. The van der Waals surface area contributed by atoms with Crippen molar-refractivity contribution in [1.29, 1.82) is 0 Å². The number of ether oxygens (including phenoxy) is 1. The number of halogens is 1. The van der Waals surface area contributed by atoms with E-state index in [0.717, 1.165) is 36.0 Å². The van der Waals surface area contributed by atoms with Crippen molar-refractivity contribution in [3.63, 3.8) is 0 Å². The Labute approximate surface area is 172 Å². The first kappa shape index (κ1) is 20.6. The van der Waals surface area contributed by atoms with Crippen molar-refractivity contribution in [3.8, 4) is 5.75 Å². The predicted molar refractivity (Wildman–Crippen MR) is 115 cm³/mol. The number of hydrogen-bond acceptors (Lipinski definition) is 3. The molecule has 1 heterocycles. The number of benzene rings is 1. The highest BCUT2D eigenvalue weighted by molar-refractivity contribution is 14.0. The average molecular weight is 469 g/mol. The van der Waals surface area contributed by atoms with E-state index in [1.165, 1.54) is 25.7 Å². The molecular weight excluding hydrogens is 441 g/mol. The van der Waals surface area contributed by atoms with Crippen LogP contribution in [-0.2, 0) is 13.0 Å². The van der Waals surface area contributed by atoms with Crippen LogP contribution in [0, 0.1) is 0 Å². The molecule has 0 spiro atoms. The van der Waals surface area contributed by atoms with Crippen molar-refractivity contribution in [3.05, 3.63) is 54.0 Å².